The highest BCUT2D eigenvalue weighted by molar-refractivity contribution is 5.27. The molecule has 2 atom stereocenters. The molecule has 2 unspecified atom stereocenters. The largest absolute Gasteiger partial charge is 0.326 e. The summed E-state index contributed by atoms with van der Waals surface area (Å²) in [5.74, 6) is 0. The second-order valence-corrected chi connectivity index (χ2v) is 6.54. The van der Waals surface area contributed by atoms with Gasteiger partial charge in [-0.15, -0.1) is 0 Å². The molecule has 2 nitrogen and oxygen atoms in total. The lowest BCUT2D eigenvalue weighted by Gasteiger charge is -2.41. The third-order valence-electron chi connectivity index (χ3n) is 4.56. The van der Waals surface area contributed by atoms with Crippen molar-refractivity contribution in [1.29, 1.82) is 0 Å². The molecular weight excluding hydrogens is 232 g/mol. The third kappa shape index (κ3) is 3.01. The van der Waals surface area contributed by atoms with Crippen molar-refractivity contribution in [3.8, 4) is 0 Å². The summed E-state index contributed by atoms with van der Waals surface area (Å²) in [7, 11) is 0. The number of likely N-dealkylation sites (tertiary alicyclic amines) is 1. The van der Waals surface area contributed by atoms with E-state index >= 15 is 0 Å². The van der Waals surface area contributed by atoms with Crippen molar-refractivity contribution in [2.45, 2.75) is 64.6 Å². The predicted octanol–water partition coefficient (Wildman–Crippen LogP) is 3.65. The second-order valence-electron chi connectivity index (χ2n) is 6.54. The van der Waals surface area contributed by atoms with Crippen LogP contribution in [0.25, 0.3) is 0 Å². The quantitative estimate of drug-likeness (QED) is 0.895. The van der Waals surface area contributed by atoms with Crippen LogP contribution in [0.4, 0.5) is 0 Å². The standard InChI is InChI=1S/C17H28N2/c1-5-15(18)16(14-9-6-8-13(2)12-14)19-11-7-10-17(19,3)4/h6,8-9,12,15-16H,5,7,10-11,18H2,1-4H3. The van der Waals surface area contributed by atoms with Crippen LogP contribution >= 0.6 is 0 Å². The molecule has 2 heteroatoms. The molecule has 2 rings (SSSR count). The fourth-order valence-corrected chi connectivity index (χ4v) is 3.38. The maximum Gasteiger partial charge on any atom is 0.0504 e. The molecule has 0 radical (unpaired) electrons. The molecule has 1 aliphatic rings. The molecule has 0 aromatic heterocycles. The highest BCUT2D eigenvalue weighted by atomic mass is 15.2. The zero-order valence-corrected chi connectivity index (χ0v) is 12.8. The van der Waals surface area contributed by atoms with Crippen LogP contribution in [-0.4, -0.2) is 23.0 Å². The minimum absolute atomic E-state index is 0.208. The van der Waals surface area contributed by atoms with Crippen LogP contribution in [0.2, 0.25) is 0 Å². The maximum absolute atomic E-state index is 6.46. The lowest BCUT2D eigenvalue weighted by atomic mass is 9.91. The third-order valence-corrected chi connectivity index (χ3v) is 4.56. The number of aryl methyl sites for hydroxylation is 1. The van der Waals surface area contributed by atoms with E-state index < -0.39 is 0 Å². The van der Waals surface area contributed by atoms with E-state index in [4.69, 9.17) is 5.73 Å². The number of rotatable bonds is 4. The van der Waals surface area contributed by atoms with Gasteiger partial charge < -0.3 is 5.73 Å². The van der Waals surface area contributed by atoms with Gasteiger partial charge in [0.15, 0.2) is 0 Å². The van der Waals surface area contributed by atoms with E-state index in [1.807, 2.05) is 0 Å². The van der Waals surface area contributed by atoms with Crippen molar-refractivity contribution in [2.75, 3.05) is 6.54 Å². The summed E-state index contributed by atoms with van der Waals surface area (Å²) in [5.41, 5.74) is 9.42. The second kappa shape index (κ2) is 5.64. The number of nitrogens with zero attached hydrogens (tertiary/aromatic N) is 1. The topological polar surface area (TPSA) is 29.3 Å². The molecule has 1 saturated heterocycles. The van der Waals surface area contributed by atoms with E-state index in [0.29, 0.717) is 6.04 Å². The Balaban J connectivity index is 2.36. The van der Waals surface area contributed by atoms with Crippen molar-refractivity contribution in [3.05, 3.63) is 35.4 Å². The number of hydrogen-bond acceptors (Lipinski definition) is 2. The molecule has 0 amide bonds. The lowest BCUT2D eigenvalue weighted by molar-refractivity contribution is 0.0964. The Bertz CT molecular complexity index is 425. The van der Waals surface area contributed by atoms with Gasteiger partial charge in [0, 0.05) is 11.6 Å². The van der Waals surface area contributed by atoms with Gasteiger partial charge in [0.2, 0.25) is 0 Å². The summed E-state index contributed by atoms with van der Waals surface area (Å²) in [4.78, 5) is 2.62. The Hall–Kier alpha value is -0.860. The van der Waals surface area contributed by atoms with E-state index in [0.717, 1.165) is 6.42 Å². The van der Waals surface area contributed by atoms with Crippen molar-refractivity contribution < 1.29 is 0 Å². The lowest BCUT2D eigenvalue weighted by Crippen LogP contribution is -2.47. The van der Waals surface area contributed by atoms with Gasteiger partial charge in [-0.25, -0.2) is 0 Å². The van der Waals surface area contributed by atoms with Crippen molar-refractivity contribution in [2.24, 2.45) is 5.73 Å². The Morgan fingerprint density at radius 1 is 1.37 bits per heavy atom. The van der Waals surface area contributed by atoms with Crippen LogP contribution in [0.15, 0.2) is 24.3 Å². The van der Waals surface area contributed by atoms with Gasteiger partial charge in [-0.2, -0.15) is 0 Å². The SMILES string of the molecule is CCC(N)C(c1cccc(C)c1)N1CCCC1(C)C. The van der Waals surface area contributed by atoms with Crippen LogP contribution in [0.5, 0.6) is 0 Å². The van der Waals surface area contributed by atoms with Crippen LogP contribution in [0, 0.1) is 6.92 Å². The molecule has 0 spiro atoms. The van der Waals surface area contributed by atoms with Crippen LogP contribution < -0.4 is 5.73 Å². The number of benzene rings is 1. The normalized spacial score (nSPS) is 22.4. The van der Waals surface area contributed by atoms with Crippen molar-refractivity contribution in [3.63, 3.8) is 0 Å². The average Bonchev–Trinajstić information content (AvgIpc) is 2.70. The monoisotopic (exact) mass is 260 g/mol. The molecule has 2 N–H and O–H groups in total. The molecule has 0 bridgehead atoms. The van der Waals surface area contributed by atoms with Gasteiger partial charge in [-0.1, -0.05) is 36.8 Å². The molecule has 1 aliphatic heterocycles. The molecule has 0 aliphatic carbocycles. The van der Waals surface area contributed by atoms with Crippen LogP contribution in [0.3, 0.4) is 0 Å². The molecule has 1 fully saturated rings. The summed E-state index contributed by atoms with van der Waals surface area (Å²) in [6.45, 7) is 10.2. The fourth-order valence-electron chi connectivity index (χ4n) is 3.38. The first-order valence-corrected chi connectivity index (χ1v) is 7.54. The Morgan fingerprint density at radius 3 is 2.63 bits per heavy atom. The van der Waals surface area contributed by atoms with Gasteiger partial charge in [0.25, 0.3) is 0 Å². The van der Waals surface area contributed by atoms with Crippen LogP contribution in [0.1, 0.15) is 57.2 Å². The zero-order chi connectivity index (χ0) is 14.0. The van der Waals surface area contributed by atoms with Crippen molar-refractivity contribution >= 4 is 0 Å². The van der Waals surface area contributed by atoms with Gasteiger partial charge in [-0.3, -0.25) is 4.90 Å². The molecular formula is C17H28N2. The summed E-state index contributed by atoms with van der Waals surface area (Å²) >= 11 is 0. The predicted molar refractivity (Wildman–Crippen MR) is 82.2 cm³/mol. The first-order valence-electron chi connectivity index (χ1n) is 7.54. The number of nitrogens with two attached hydrogens (primary N) is 1. The van der Waals surface area contributed by atoms with Gasteiger partial charge >= 0.3 is 0 Å². The van der Waals surface area contributed by atoms with Crippen molar-refractivity contribution in [1.82, 2.24) is 4.90 Å². The Kier molecular flexibility index (Phi) is 4.32. The highest BCUT2D eigenvalue weighted by Crippen LogP contribution is 2.38. The maximum atomic E-state index is 6.46. The molecule has 1 heterocycles. The minimum Gasteiger partial charge on any atom is -0.326 e. The summed E-state index contributed by atoms with van der Waals surface area (Å²) in [6.07, 6.45) is 3.57. The Morgan fingerprint density at radius 2 is 2.11 bits per heavy atom. The van der Waals surface area contributed by atoms with E-state index in [-0.39, 0.29) is 11.6 Å². The van der Waals surface area contributed by atoms with Crippen LogP contribution in [-0.2, 0) is 0 Å². The van der Waals surface area contributed by atoms with E-state index in [2.05, 4.69) is 56.9 Å². The van der Waals surface area contributed by atoms with E-state index in [1.54, 1.807) is 0 Å². The fraction of sp³-hybridized carbons (Fsp3) is 0.647. The average molecular weight is 260 g/mol. The van der Waals surface area contributed by atoms with Gasteiger partial charge in [-0.05, 0) is 52.1 Å². The summed E-state index contributed by atoms with van der Waals surface area (Å²) in [6, 6.07) is 9.41. The summed E-state index contributed by atoms with van der Waals surface area (Å²) in [5, 5.41) is 0. The van der Waals surface area contributed by atoms with E-state index in [1.165, 1.54) is 30.5 Å². The number of hydrogen-bond donors (Lipinski definition) is 1. The molecule has 106 valence electrons. The highest BCUT2D eigenvalue weighted by Gasteiger charge is 2.39. The molecule has 0 saturated carbocycles. The smallest absolute Gasteiger partial charge is 0.0504 e. The minimum atomic E-state index is 0.208. The Labute approximate surface area is 118 Å². The van der Waals surface area contributed by atoms with E-state index in [9.17, 15) is 0 Å². The van der Waals surface area contributed by atoms with Gasteiger partial charge in [0.05, 0.1) is 6.04 Å². The first kappa shape index (κ1) is 14.5. The molecule has 19 heavy (non-hydrogen) atoms. The molecule has 1 aromatic rings. The first-order chi connectivity index (χ1) is 8.95. The van der Waals surface area contributed by atoms with Gasteiger partial charge in [0.1, 0.15) is 0 Å². The molecule has 1 aromatic carbocycles. The summed E-state index contributed by atoms with van der Waals surface area (Å²) < 4.78 is 0. The zero-order valence-electron chi connectivity index (χ0n) is 12.8.